The third kappa shape index (κ3) is 7.40. The fourth-order valence-electron chi connectivity index (χ4n) is 0.914. The molecule has 0 bridgehead atoms. The number of hydrogen-bond acceptors (Lipinski definition) is 4. The minimum Gasteiger partial charge on any atom is -0.370 e. The van der Waals surface area contributed by atoms with Gasteiger partial charge in [-0.3, -0.25) is 19.9 Å². The molecule has 7 N–H and O–H groups in total. The molecule has 2 amide bonds. The molecule has 8 heteroatoms. The Morgan fingerprint density at radius 3 is 2.50 bits per heavy atom. The molecular weight excluding hydrogens is 325 g/mol. The molecule has 0 unspecified atom stereocenters. The van der Waals surface area contributed by atoms with E-state index in [0.717, 1.165) is 0 Å². The zero-order valence-corrected chi connectivity index (χ0v) is 10.9. The fraction of sp³-hybridized carbons (Fsp3) is 0.625. The minimum absolute atomic E-state index is 0.0121. The number of carbonyl (C=O) groups is 2. The van der Waals surface area contributed by atoms with E-state index in [1.807, 2.05) is 22.6 Å². The van der Waals surface area contributed by atoms with Crippen LogP contribution in [-0.4, -0.2) is 34.8 Å². The Kier molecular flexibility index (Phi) is 7.81. The maximum Gasteiger partial charge on any atom is 0.243 e. The maximum atomic E-state index is 11.3. The number of imide groups is 1. The molecule has 0 saturated carbocycles. The Balaban J connectivity index is 3.79. The van der Waals surface area contributed by atoms with Gasteiger partial charge in [0.1, 0.15) is 0 Å². The minimum atomic E-state index is -0.707. The SMILES string of the molecule is NC(N)=NCCC[C@H](N)C(=O)NC(=O)CI. The zero-order valence-electron chi connectivity index (χ0n) is 8.78. The Labute approximate surface area is 107 Å². The lowest BCUT2D eigenvalue weighted by atomic mass is 10.1. The lowest BCUT2D eigenvalue weighted by Crippen LogP contribution is -2.43. The molecule has 0 aliphatic heterocycles. The van der Waals surface area contributed by atoms with Crippen LogP contribution < -0.4 is 22.5 Å². The fourth-order valence-corrected chi connectivity index (χ4v) is 1.10. The summed E-state index contributed by atoms with van der Waals surface area (Å²) in [5.74, 6) is -0.797. The average molecular weight is 341 g/mol. The normalized spacial score (nSPS) is 11.6. The number of guanidine groups is 1. The van der Waals surface area contributed by atoms with Gasteiger partial charge in [-0.15, -0.1) is 0 Å². The summed E-state index contributed by atoms with van der Waals surface area (Å²) in [4.78, 5) is 25.9. The molecule has 0 spiro atoms. The molecule has 92 valence electrons. The first-order chi connectivity index (χ1) is 7.47. The predicted molar refractivity (Wildman–Crippen MR) is 69.9 cm³/mol. The topological polar surface area (TPSA) is 137 Å². The highest BCUT2D eigenvalue weighted by atomic mass is 127. The van der Waals surface area contributed by atoms with Crippen LogP contribution in [0.15, 0.2) is 4.99 Å². The first-order valence-electron chi connectivity index (χ1n) is 4.68. The number of nitrogens with one attached hydrogen (secondary N) is 1. The molecular formula is C8H16IN5O2. The van der Waals surface area contributed by atoms with Crippen LogP contribution in [0, 0.1) is 0 Å². The van der Waals surface area contributed by atoms with Gasteiger partial charge in [0.2, 0.25) is 11.8 Å². The third-order valence-electron chi connectivity index (χ3n) is 1.69. The Hall–Kier alpha value is -0.900. The average Bonchev–Trinajstić information content (AvgIpc) is 2.23. The zero-order chi connectivity index (χ0) is 12.6. The smallest absolute Gasteiger partial charge is 0.243 e. The van der Waals surface area contributed by atoms with Crippen LogP contribution in [0.1, 0.15) is 12.8 Å². The van der Waals surface area contributed by atoms with Crippen molar-refractivity contribution in [1.29, 1.82) is 0 Å². The van der Waals surface area contributed by atoms with Crippen LogP contribution in [0.3, 0.4) is 0 Å². The summed E-state index contributed by atoms with van der Waals surface area (Å²) in [6, 6.07) is -0.707. The standard InChI is InChI=1S/C8H16IN5O2/c9-4-6(15)14-7(16)5(10)2-1-3-13-8(11)12/h5H,1-4,10H2,(H4,11,12,13)(H,14,15,16)/t5-/m0/s1. The first kappa shape index (κ1) is 15.1. The number of carbonyl (C=O) groups excluding carboxylic acids is 2. The molecule has 0 aromatic rings. The van der Waals surface area contributed by atoms with Crippen LogP contribution in [-0.2, 0) is 9.59 Å². The lowest BCUT2D eigenvalue weighted by Gasteiger charge is -2.09. The number of nitrogens with two attached hydrogens (primary N) is 3. The summed E-state index contributed by atoms with van der Waals surface area (Å²) in [7, 11) is 0. The van der Waals surface area contributed by atoms with Crippen molar-refractivity contribution in [1.82, 2.24) is 5.32 Å². The van der Waals surface area contributed by atoms with E-state index in [-0.39, 0.29) is 16.3 Å². The lowest BCUT2D eigenvalue weighted by molar-refractivity contribution is -0.129. The number of alkyl halides is 1. The number of nitrogens with zero attached hydrogens (tertiary/aromatic N) is 1. The molecule has 0 aromatic heterocycles. The van der Waals surface area contributed by atoms with Crippen LogP contribution in [0.5, 0.6) is 0 Å². The van der Waals surface area contributed by atoms with Gasteiger partial charge in [-0.25, -0.2) is 0 Å². The second-order valence-corrected chi connectivity index (χ2v) is 3.86. The molecule has 7 nitrogen and oxygen atoms in total. The second kappa shape index (κ2) is 8.28. The summed E-state index contributed by atoms with van der Waals surface area (Å²) in [5, 5.41) is 2.18. The van der Waals surface area contributed by atoms with E-state index >= 15 is 0 Å². The molecule has 0 saturated heterocycles. The van der Waals surface area contributed by atoms with E-state index in [0.29, 0.717) is 19.4 Å². The summed E-state index contributed by atoms with van der Waals surface area (Å²) in [5.41, 5.74) is 15.8. The summed E-state index contributed by atoms with van der Waals surface area (Å²) >= 11 is 1.86. The number of aliphatic imine (C=N–C) groups is 1. The van der Waals surface area contributed by atoms with Crippen LogP contribution in [0.25, 0.3) is 0 Å². The third-order valence-corrected chi connectivity index (χ3v) is 2.38. The predicted octanol–water partition coefficient (Wildman–Crippen LogP) is -1.55. The van der Waals surface area contributed by atoms with Gasteiger partial charge < -0.3 is 17.2 Å². The first-order valence-corrected chi connectivity index (χ1v) is 6.20. The van der Waals surface area contributed by atoms with E-state index in [1.165, 1.54) is 0 Å². The van der Waals surface area contributed by atoms with Crippen molar-refractivity contribution < 1.29 is 9.59 Å². The maximum absolute atomic E-state index is 11.3. The van der Waals surface area contributed by atoms with Gasteiger partial charge in [-0.05, 0) is 12.8 Å². The quantitative estimate of drug-likeness (QED) is 0.152. The van der Waals surface area contributed by atoms with Crippen LogP contribution in [0.4, 0.5) is 0 Å². The van der Waals surface area contributed by atoms with Gasteiger partial charge >= 0.3 is 0 Å². The molecule has 0 rings (SSSR count). The Bertz CT molecular complexity index is 278. The molecule has 16 heavy (non-hydrogen) atoms. The summed E-state index contributed by atoms with van der Waals surface area (Å²) in [6.07, 6.45) is 1.02. The van der Waals surface area contributed by atoms with Gasteiger partial charge in [-0.2, -0.15) is 0 Å². The largest absolute Gasteiger partial charge is 0.370 e. The van der Waals surface area contributed by atoms with Crippen molar-refractivity contribution in [3.63, 3.8) is 0 Å². The van der Waals surface area contributed by atoms with E-state index < -0.39 is 11.9 Å². The van der Waals surface area contributed by atoms with Gasteiger partial charge in [0.05, 0.1) is 10.5 Å². The van der Waals surface area contributed by atoms with Gasteiger partial charge in [0.25, 0.3) is 0 Å². The molecule has 0 fully saturated rings. The molecule has 1 atom stereocenters. The highest BCUT2D eigenvalue weighted by molar-refractivity contribution is 14.1. The van der Waals surface area contributed by atoms with Crippen molar-refractivity contribution >= 4 is 40.4 Å². The van der Waals surface area contributed by atoms with Crippen molar-refractivity contribution in [2.24, 2.45) is 22.2 Å². The number of amides is 2. The van der Waals surface area contributed by atoms with Crippen LogP contribution in [0.2, 0.25) is 0 Å². The molecule has 0 radical (unpaired) electrons. The van der Waals surface area contributed by atoms with Gasteiger partial charge in [0, 0.05) is 6.54 Å². The van der Waals surface area contributed by atoms with E-state index in [9.17, 15) is 9.59 Å². The van der Waals surface area contributed by atoms with Crippen LogP contribution >= 0.6 is 22.6 Å². The monoisotopic (exact) mass is 341 g/mol. The van der Waals surface area contributed by atoms with Crippen molar-refractivity contribution in [2.75, 3.05) is 11.0 Å². The number of rotatable bonds is 6. The molecule has 0 heterocycles. The summed E-state index contributed by atoms with van der Waals surface area (Å²) in [6.45, 7) is 0.420. The summed E-state index contributed by atoms with van der Waals surface area (Å²) < 4.78 is 0.226. The molecule has 0 aliphatic carbocycles. The second-order valence-electron chi connectivity index (χ2n) is 3.10. The Morgan fingerprint density at radius 2 is 2.00 bits per heavy atom. The highest BCUT2D eigenvalue weighted by Gasteiger charge is 2.14. The van der Waals surface area contributed by atoms with Crippen molar-refractivity contribution in [2.45, 2.75) is 18.9 Å². The van der Waals surface area contributed by atoms with E-state index in [1.54, 1.807) is 0 Å². The van der Waals surface area contributed by atoms with Gasteiger partial charge in [-0.1, -0.05) is 22.6 Å². The van der Waals surface area contributed by atoms with Crippen molar-refractivity contribution in [3.05, 3.63) is 0 Å². The highest BCUT2D eigenvalue weighted by Crippen LogP contribution is 1.95. The van der Waals surface area contributed by atoms with E-state index in [2.05, 4.69) is 10.3 Å². The molecule has 0 aromatic carbocycles. The number of hydrogen-bond donors (Lipinski definition) is 4. The molecule has 0 aliphatic rings. The van der Waals surface area contributed by atoms with Gasteiger partial charge in [0.15, 0.2) is 5.96 Å². The van der Waals surface area contributed by atoms with Crippen molar-refractivity contribution in [3.8, 4) is 0 Å². The number of halogens is 1. The Morgan fingerprint density at radius 1 is 1.38 bits per heavy atom. The van der Waals surface area contributed by atoms with E-state index in [4.69, 9.17) is 17.2 Å².